The molecule has 0 bridgehead atoms. The van der Waals surface area contributed by atoms with Crippen LogP contribution in [-0.2, 0) is 4.79 Å². The normalized spacial score (nSPS) is 12.6. The molecule has 0 saturated heterocycles. The molecule has 11 heteroatoms. The van der Waals surface area contributed by atoms with Crippen molar-refractivity contribution < 1.29 is 14.3 Å². The van der Waals surface area contributed by atoms with Crippen LogP contribution in [0.25, 0.3) is 0 Å². The zero-order valence-corrected chi connectivity index (χ0v) is 17.8. The summed E-state index contributed by atoms with van der Waals surface area (Å²) in [6.45, 7) is 4.02. The van der Waals surface area contributed by atoms with E-state index in [1.54, 1.807) is 0 Å². The lowest BCUT2D eigenvalue weighted by Crippen LogP contribution is -2.17. The SMILES string of the molecule is C/C(=N\Nc1nnc(SCC(=O)Nc2cccc(C)c2)n1N)c1ccc2c(c1)OCO2. The average Bonchev–Trinajstić information content (AvgIpc) is 3.36. The number of nitrogen functional groups attached to an aromatic ring is 1. The molecule has 0 fully saturated rings. The van der Waals surface area contributed by atoms with Crippen LogP contribution in [0.15, 0.2) is 52.7 Å². The number of thioether (sulfide) groups is 1. The fourth-order valence-corrected chi connectivity index (χ4v) is 3.48. The van der Waals surface area contributed by atoms with Crippen LogP contribution in [0.4, 0.5) is 11.6 Å². The fraction of sp³-hybridized carbons (Fsp3) is 0.200. The maximum Gasteiger partial charge on any atom is 0.264 e. The monoisotopic (exact) mass is 439 g/mol. The Kier molecular flexibility index (Phi) is 5.94. The number of ether oxygens (including phenoxy) is 2. The molecule has 0 unspecified atom stereocenters. The Balaban J connectivity index is 1.34. The number of hydrogen-bond acceptors (Lipinski definition) is 9. The molecule has 2 aromatic carbocycles. The highest BCUT2D eigenvalue weighted by Crippen LogP contribution is 2.32. The molecule has 0 spiro atoms. The summed E-state index contributed by atoms with van der Waals surface area (Å²) in [5.41, 5.74) is 6.18. The third kappa shape index (κ3) is 4.89. The maximum atomic E-state index is 12.2. The van der Waals surface area contributed by atoms with Crippen molar-refractivity contribution in [3.63, 3.8) is 0 Å². The van der Waals surface area contributed by atoms with Gasteiger partial charge in [-0.05, 0) is 49.7 Å². The first-order valence-electron chi connectivity index (χ1n) is 9.40. The summed E-state index contributed by atoms with van der Waals surface area (Å²) in [5, 5.41) is 15.5. The summed E-state index contributed by atoms with van der Waals surface area (Å²) in [6.07, 6.45) is 0. The Bertz CT molecular complexity index is 1150. The number of nitrogens with one attached hydrogen (secondary N) is 2. The number of nitrogens with zero attached hydrogens (tertiary/aromatic N) is 4. The molecule has 10 nitrogen and oxygen atoms in total. The van der Waals surface area contributed by atoms with E-state index in [4.69, 9.17) is 15.3 Å². The summed E-state index contributed by atoms with van der Waals surface area (Å²) in [4.78, 5) is 12.2. The molecular weight excluding hydrogens is 418 g/mol. The largest absolute Gasteiger partial charge is 0.454 e. The van der Waals surface area contributed by atoms with E-state index in [-0.39, 0.29) is 24.4 Å². The first kappa shape index (κ1) is 20.5. The lowest BCUT2D eigenvalue weighted by atomic mass is 10.1. The van der Waals surface area contributed by atoms with Crippen LogP contribution in [0.1, 0.15) is 18.1 Å². The quantitative estimate of drug-likeness (QED) is 0.222. The van der Waals surface area contributed by atoms with E-state index < -0.39 is 0 Å². The van der Waals surface area contributed by atoms with Gasteiger partial charge in [-0.2, -0.15) is 5.10 Å². The number of carbonyl (C=O) groups excluding carboxylic acids is 1. The van der Waals surface area contributed by atoms with Crippen LogP contribution in [0.3, 0.4) is 0 Å². The molecule has 31 heavy (non-hydrogen) atoms. The van der Waals surface area contributed by atoms with E-state index in [1.807, 2.05) is 56.3 Å². The average molecular weight is 440 g/mol. The Morgan fingerprint density at radius 2 is 2.06 bits per heavy atom. The van der Waals surface area contributed by atoms with Crippen LogP contribution < -0.4 is 26.1 Å². The molecule has 4 N–H and O–H groups in total. The van der Waals surface area contributed by atoms with Crippen molar-refractivity contribution in [3.8, 4) is 11.5 Å². The molecule has 3 aromatic rings. The van der Waals surface area contributed by atoms with E-state index in [9.17, 15) is 4.79 Å². The molecule has 1 aromatic heterocycles. The standard InChI is InChI=1S/C20H21N7O3S/c1-12-4-3-5-15(8-12)22-18(28)10-31-20-26-25-19(27(20)21)24-23-13(2)14-6-7-16-17(9-14)30-11-29-16/h3-9H,10-11,21H2,1-2H3,(H,22,28)(H,24,25)/b23-13+. The number of aryl methyl sites for hydroxylation is 1. The van der Waals surface area contributed by atoms with Crippen LogP contribution in [0.5, 0.6) is 11.5 Å². The predicted molar refractivity (Wildman–Crippen MR) is 119 cm³/mol. The van der Waals surface area contributed by atoms with Crippen molar-refractivity contribution in [3.05, 3.63) is 53.6 Å². The second kappa shape index (κ2) is 8.96. The van der Waals surface area contributed by atoms with Crippen molar-refractivity contribution in [2.75, 3.05) is 29.1 Å². The molecule has 0 radical (unpaired) electrons. The van der Waals surface area contributed by atoms with Gasteiger partial charge in [0.15, 0.2) is 11.5 Å². The van der Waals surface area contributed by atoms with E-state index in [2.05, 4.69) is 26.0 Å². The molecule has 4 rings (SSSR count). The second-order valence-corrected chi connectivity index (χ2v) is 7.70. The molecule has 1 aliphatic heterocycles. The zero-order chi connectivity index (χ0) is 21.8. The number of hydrogen-bond donors (Lipinski definition) is 3. The number of amides is 1. The first-order chi connectivity index (χ1) is 15.0. The van der Waals surface area contributed by atoms with Crippen molar-refractivity contribution in [2.45, 2.75) is 19.0 Å². The van der Waals surface area contributed by atoms with Gasteiger partial charge >= 0.3 is 0 Å². The third-order valence-corrected chi connectivity index (χ3v) is 5.36. The Morgan fingerprint density at radius 3 is 2.90 bits per heavy atom. The maximum absolute atomic E-state index is 12.2. The highest BCUT2D eigenvalue weighted by atomic mass is 32.2. The lowest BCUT2D eigenvalue weighted by molar-refractivity contribution is -0.113. The Hall–Kier alpha value is -3.73. The summed E-state index contributed by atoms with van der Waals surface area (Å²) < 4.78 is 11.9. The van der Waals surface area contributed by atoms with Crippen LogP contribution >= 0.6 is 11.8 Å². The summed E-state index contributed by atoms with van der Waals surface area (Å²) in [6, 6.07) is 13.2. The van der Waals surface area contributed by atoms with Gasteiger partial charge in [0.2, 0.25) is 17.9 Å². The molecule has 0 atom stereocenters. The van der Waals surface area contributed by atoms with Crippen molar-refractivity contribution >= 4 is 35.0 Å². The second-order valence-electron chi connectivity index (χ2n) is 6.76. The van der Waals surface area contributed by atoms with Gasteiger partial charge < -0.3 is 20.6 Å². The number of rotatable bonds is 7. The summed E-state index contributed by atoms with van der Waals surface area (Å²) in [7, 11) is 0. The molecule has 160 valence electrons. The Morgan fingerprint density at radius 1 is 1.23 bits per heavy atom. The Labute approximate surface area is 182 Å². The lowest BCUT2D eigenvalue weighted by Gasteiger charge is -2.06. The van der Waals surface area contributed by atoms with Gasteiger partial charge in [-0.25, -0.2) is 10.1 Å². The number of nitrogens with two attached hydrogens (primary N) is 1. The van der Waals surface area contributed by atoms with Crippen molar-refractivity contribution in [1.29, 1.82) is 0 Å². The number of hydrazone groups is 1. The molecular formula is C20H21N7O3S. The van der Waals surface area contributed by atoms with Gasteiger partial charge in [0, 0.05) is 11.3 Å². The number of aromatic nitrogens is 3. The number of carbonyl (C=O) groups is 1. The summed E-state index contributed by atoms with van der Waals surface area (Å²) >= 11 is 1.18. The van der Waals surface area contributed by atoms with Gasteiger partial charge in [0.05, 0.1) is 11.5 Å². The molecule has 1 aliphatic rings. The molecule has 0 saturated carbocycles. The van der Waals surface area contributed by atoms with Gasteiger partial charge in [-0.3, -0.25) is 4.79 Å². The topological polar surface area (TPSA) is 129 Å². The molecule has 2 heterocycles. The molecule has 1 amide bonds. The van der Waals surface area contributed by atoms with E-state index in [0.717, 1.165) is 16.8 Å². The highest BCUT2D eigenvalue weighted by molar-refractivity contribution is 7.99. The van der Waals surface area contributed by atoms with Gasteiger partial charge in [-0.1, -0.05) is 23.9 Å². The van der Waals surface area contributed by atoms with E-state index >= 15 is 0 Å². The van der Waals surface area contributed by atoms with E-state index in [0.29, 0.717) is 22.4 Å². The smallest absolute Gasteiger partial charge is 0.264 e. The van der Waals surface area contributed by atoms with Gasteiger partial charge in [0.1, 0.15) is 0 Å². The van der Waals surface area contributed by atoms with Crippen LogP contribution in [-0.4, -0.2) is 39.0 Å². The summed E-state index contributed by atoms with van der Waals surface area (Å²) in [5.74, 6) is 7.65. The van der Waals surface area contributed by atoms with Gasteiger partial charge in [0.25, 0.3) is 5.95 Å². The first-order valence-corrected chi connectivity index (χ1v) is 10.4. The van der Waals surface area contributed by atoms with Crippen LogP contribution in [0.2, 0.25) is 0 Å². The number of benzene rings is 2. The number of fused-ring (bicyclic) bond motifs is 1. The zero-order valence-electron chi connectivity index (χ0n) is 17.0. The fourth-order valence-electron chi connectivity index (χ4n) is 2.82. The predicted octanol–water partition coefficient (Wildman–Crippen LogP) is 2.60. The third-order valence-electron chi connectivity index (χ3n) is 4.41. The van der Waals surface area contributed by atoms with Crippen LogP contribution in [0, 0.1) is 6.92 Å². The minimum Gasteiger partial charge on any atom is -0.454 e. The van der Waals surface area contributed by atoms with Gasteiger partial charge in [-0.15, -0.1) is 10.2 Å². The van der Waals surface area contributed by atoms with Crippen molar-refractivity contribution in [2.24, 2.45) is 5.10 Å². The number of anilines is 2. The van der Waals surface area contributed by atoms with E-state index in [1.165, 1.54) is 16.4 Å². The van der Waals surface area contributed by atoms with Crippen molar-refractivity contribution in [1.82, 2.24) is 14.9 Å². The minimum atomic E-state index is -0.162. The minimum absolute atomic E-state index is 0.142. The molecule has 0 aliphatic carbocycles. The highest BCUT2D eigenvalue weighted by Gasteiger charge is 2.15.